The highest BCUT2D eigenvalue weighted by molar-refractivity contribution is 6.30. The molecule has 0 aromatic heterocycles. The molecule has 0 heterocycles. The minimum absolute atomic E-state index is 0. The normalized spacial score (nSPS) is 11.5. The maximum Gasteiger partial charge on any atom is 0.243 e. The van der Waals surface area contributed by atoms with E-state index in [4.69, 9.17) is 22.1 Å². The Balaban J connectivity index is 0.00000256. The first kappa shape index (κ1) is 16.1. The molecule has 1 aromatic carbocycles. The highest BCUT2D eigenvalue weighted by Crippen LogP contribution is 2.18. The van der Waals surface area contributed by atoms with E-state index in [2.05, 4.69) is 5.32 Å². The molecule has 0 aliphatic heterocycles. The molecular formula is C10H13Cl2FN2O2. The first-order valence-electron chi connectivity index (χ1n) is 4.55. The van der Waals surface area contributed by atoms with Crippen LogP contribution in [0.25, 0.3) is 0 Å². The lowest BCUT2D eigenvalue weighted by molar-refractivity contribution is -0.118. The average molecular weight is 283 g/mol. The Kier molecular flexibility index (Phi) is 7.06. The van der Waals surface area contributed by atoms with E-state index in [1.165, 1.54) is 19.2 Å². The summed E-state index contributed by atoms with van der Waals surface area (Å²) in [6.07, 6.45) is 0. The zero-order chi connectivity index (χ0) is 12.1. The second kappa shape index (κ2) is 7.45. The lowest BCUT2D eigenvalue weighted by Crippen LogP contribution is -2.39. The van der Waals surface area contributed by atoms with Crippen LogP contribution in [0.1, 0.15) is 0 Å². The number of carbonyl (C=O) groups excluding carboxylic acids is 1. The van der Waals surface area contributed by atoms with Gasteiger partial charge in [-0.3, -0.25) is 4.79 Å². The van der Waals surface area contributed by atoms with Crippen LogP contribution in [0.15, 0.2) is 18.2 Å². The van der Waals surface area contributed by atoms with Gasteiger partial charge >= 0.3 is 0 Å². The molecule has 4 nitrogen and oxygen atoms in total. The predicted molar refractivity (Wildman–Crippen MR) is 67.1 cm³/mol. The third-order valence-electron chi connectivity index (χ3n) is 1.87. The molecule has 0 saturated heterocycles. The molecule has 0 bridgehead atoms. The summed E-state index contributed by atoms with van der Waals surface area (Å²) in [5, 5.41) is 2.45. The van der Waals surface area contributed by atoms with E-state index >= 15 is 0 Å². The Morgan fingerprint density at radius 1 is 1.65 bits per heavy atom. The fourth-order valence-corrected chi connectivity index (χ4v) is 1.18. The van der Waals surface area contributed by atoms with Crippen molar-refractivity contribution in [1.82, 2.24) is 0 Å². The number of methoxy groups -OCH3 is 1. The fraction of sp³-hybridized carbons (Fsp3) is 0.300. The van der Waals surface area contributed by atoms with E-state index in [0.717, 1.165) is 6.07 Å². The molecule has 1 atom stereocenters. The van der Waals surface area contributed by atoms with Gasteiger partial charge in [0, 0.05) is 12.8 Å². The largest absolute Gasteiger partial charge is 0.383 e. The monoisotopic (exact) mass is 282 g/mol. The summed E-state index contributed by atoms with van der Waals surface area (Å²) in [6.45, 7) is 0.0991. The van der Waals surface area contributed by atoms with Gasteiger partial charge < -0.3 is 15.8 Å². The van der Waals surface area contributed by atoms with E-state index in [1.54, 1.807) is 0 Å². The van der Waals surface area contributed by atoms with Crippen molar-refractivity contribution in [2.24, 2.45) is 5.73 Å². The van der Waals surface area contributed by atoms with E-state index in [9.17, 15) is 9.18 Å². The van der Waals surface area contributed by atoms with Crippen molar-refractivity contribution < 1.29 is 13.9 Å². The van der Waals surface area contributed by atoms with Crippen LogP contribution in [0.5, 0.6) is 0 Å². The minimum Gasteiger partial charge on any atom is -0.383 e. The molecule has 0 fully saturated rings. The van der Waals surface area contributed by atoms with Gasteiger partial charge in [0.15, 0.2) is 0 Å². The van der Waals surface area contributed by atoms with Crippen LogP contribution < -0.4 is 11.1 Å². The van der Waals surface area contributed by atoms with Gasteiger partial charge in [0.2, 0.25) is 5.91 Å². The Hall–Kier alpha value is -0.880. The van der Waals surface area contributed by atoms with Crippen molar-refractivity contribution in [3.63, 3.8) is 0 Å². The summed E-state index contributed by atoms with van der Waals surface area (Å²) < 4.78 is 17.8. The van der Waals surface area contributed by atoms with Gasteiger partial charge in [0.05, 0.1) is 11.6 Å². The second-order valence-corrected chi connectivity index (χ2v) is 3.59. The topological polar surface area (TPSA) is 64.3 Å². The lowest BCUT2D eigenvalue weighted by atomic mass is 10.2. The number of amides is 1. The van der Waals surface area contributed by atoms with Gasteiger partial charge in [-0.1, -0.05) is 11.6 Å². The number of ether oxygens (including phenoxy) is 1. The standard InChI is InChI=1S/C10H12ClFN2O2.ClH/c1-16-5-9(13)10(15)14-6-2-3-7(11)8(12)4-6;/h2-4,9H,5,13H2,1H3,(H,14,15);1H. The Morgan fingerprint density at radius 3 is 2.82 bits per heavy atom. The summed E-state index contributed by atoms with van der Waals surface area (Å²) in [5.74, 6) is -1.04. The third-order valence-corrected chi connectivity index (χ3v) is 2.18. The van der Waals surface area contributed by atoms with Gasteiger partial charge in [0.25, 0.3) is 0 Å². The van der Waals surface area contributed by atoms with Gasteiger partial charge in [-0.15, -0.1) is 12.4 Å². The summed E-state index contributed by atoms with van der Waals surface area (Å²) in [7, 11) is 1.44. The lowest BCUT2D eigenvalue weighted by Gasteiger charge is -2.11. The van der Waals surface area contributed by atoms with Gasteiger partial charge in [-0.2, -0.15) is 0 Å². The van der Waals surface area contributed by atoms with Crippen LogP contribution >= 0.6 is 24.0 Å². The van der Waals surface area contributed by atoms with Gasteiger partial charge in [-0.05, 0) is 18.2 Å². The molecular weight excluding hydrogens is 270 g/mol. The van der Waals surface area contributed by atoms with E-state index in [1.807, 2.05) is 0 Å². The number of hydrogen-bond acceptors (Lipinski definition) is 3. The maximum absolute atomic E-state index is 13.0. The van der Waals surface area contributed by atoms with Crippen molar-refractivity contribution in [2.45, 2.75) is 6.04 Å². The highest BCUT2D eigenvalue weighted by atomic mass is 35.5. The predicted octanol–water partition coefficient (Wildman–Crippen LogP) is 1.81. The minimum atomic E-state index is -0.788. The molecule has 0 saturated carbocycles. The molecule has 96 valence electrons. The van der Waals surface area contributed by atoms with Crippen molar-refractivity contribution in [2.75, 3.05) is 19.0 Å². The molecule has 1 amide bonds. The summed E-state index contributed by atoms with van der Waals surface area (Å²) in [5.41, 5.74) is 5.79. The van der Waals surface area contributed by atoms with Crippen molar-refractivity contribution in [1.29, 1.82) is 0 Å². The number of nitrogens with one attached hydrogen (secondary N) is 1. The van der Waals surface area contributed by atoms with Crippen molar-refractivity contribution in [3.05, 3.63) is 29.0 Å². The molecule has 1 rings (SSSR count). The highest BCUT2D eigenvalue weighted by Gasteiger charge is 2.13. The molecule has 1 aromatic rings. The Labute approximate surface area is 110 Å². The van der Waals surface area contributed by atoms with Crippen LogP contribution in [-0.4, -0.2) is 25.7 Å². The third kappa shape index (κ3) is 4.87. The number of rotatable bonds is 4. The van der Waals surface area contributed by atoms with Crippen molar-refractivity contribution >= 4 is 35.6 Å². The summed E-state index contributed by atoms with van der Waals surface area (Å²) in [6, 6.07) is 3.18. The molecule has 0 spiro atoms. The van der Waals surface area contributed by atoms with Crippen LogP contribution in [0, 0.1) is 5.82 Å². The number of carbonyl (C=O) groups is 1. The number of benzene rings is 1. The van der Waals surface area contributed by atoms with Crippen LogP contribution in [0.2, 0.25) is 5.02 Å². The molecule has 0 aliphatic rings. The molecule has 17 heavy (non-hydrogen) atoms. The van der Waals surface area contributed by atoms with Gasteiger partial charge in [0.1, 0.15) is 11.9 Å². The van der Waals surface area contributed by atoms with E-state index in [0.29, 0.717) is 5.69 Å². The molecule has 1 unspecified atom stereocenters. The zero-order valence-corrected chi connectivity index (χ0v) is 10.6. The Morgan fingerprint density at radius 2 is 2.29 bits per heavy atom. The molecule has 3 N–H and O–H groups in total. The first-order valence-corrected chi connectivity index (χ1v) is 4.93. The van der Waals surface area contributed by atoms with E-state index < -0.39 is 17.8 Å². The number of halogens is 3. The summed E-state index contributed by atoms with van der Waals surface area (Å²) >= 11 is 5.50. The Bertz CT molecular complexity index is 391. The fourth-order valence-electron chi connectivity index (χ4n) is 1.06. The van der Waals surface area contributed by atoms with E-state index in [-0.39, 0.29) is 24.0 Å². The van der Waals surface area contributed by atoms with Crippen LogP contribution in [0.4, 0.5) is 10.1 Å². The number of hydrogen-bond donors (Lipinski definition) is 2. The molecule has 0 radical (unpaired) electrons. The summed E-state index contributed by atoms with van der Waals surface area (Å²) in [4.78, 5) is 11.4. The average Bonchev–Trinajstić information content (AvgIpc) is 2.24. The zero-order valence-electron chi connectivity index (χ0n) is 9.07. The van der Waals surface area contributed by atoms with Crippen LogP contribution in [-0.2, 0) is 9.53 Å². The SMILES string of the molecule is COCC(N)C(=O)Nc1ccc(Cl)c(F)c1.Cl. The maximum atomic E-state index is 13.0. The molecule has 0 aliphatic carbocycles. The first-order chi connectivity index (χ1) is 7.54. The smallest absolute Gasteiger partial charge is 0.243 e. The molecule has 7 heteroatoms. The number of nitrogens with two attached hydrogens (primary N) is 1. The quantitative estimate of drug-likeness (QED) is 0.885. The van der Waals surface area contributed by atoms with Gasteiger partial charge in [-0.25, -0.2) is 4.39 Å². The number of anilines is 1. The van der Waals surface area contributed by atoms with Crippen molar-refractivity contribution in [3.8, 4) is 0 Å². The second-order valence-electron chi connectivity index (χ2n) is 3.18. The van der Waals surface area contributed by atoms with Crippen LogP contribution in [0.3, 0.4) is 0 Å².